The second-order valence-electron chi connectivity index (χ2n) is 6.70. The molecule has 0 bridgehead atoms. The molecule has 0 N–H and O–H groups in total. The van der Waals surface area contributed by atoms with Crippen LogP contribution in [0.5, 0.6) is 0 Å². The molecule has 0 unspecified atom stereocenters. The molecule has 1 amide bonds. The quantitative estimate of drug-likeness (QED) is 0.527. The van der Waals surface area contributed by atoms with Gasteiger partial charge in [0, 0.05) is 7.05 Å². The van der Waals surface area contributed by atoms with Gasteiger partial charge in [-0.3, -0.25) is 9.69 Å². The Morgan fingerprint density at radius 3 is 2.39 bits per heavy atom. The fourth-order valence-electron chi connectivity index (χ4n) is 2.97. The summed E-state index contributed by atoms with van der Waals surface area (Å²) < 4.78 is 0. The number of aliphatic imine (C=N–C) groups is 1. The van der Waals surface area contributed by atoms with Crippen LogP contribution in [0, 0.1) is 6.92 Å². The summed E-state index contributed by atoms with van der Waals surface area (Å²) in [6.45, 7) is 2.08. The van der Waals surface area contributed by atoms with Crippen molar-refractivity contribution in [1.82, 2.24) is 4.90 Å². The molecule has 3 nitrogen and oxygen atoms in total. The van der Waals surface area contributed by atoms with Crippen molar-refractivity contribution in [2.75, 3.05) is 7.05 Å². The molecule has 138 valence electrons. The molecule has 1 aliphatic rings. The Morgan fingerprint density at radius 2 is 1.64 bits per heavy atom. The van der Waals surface area contributed by atoms with E-state index < -0.39 is 0 Å². The third-order valence-corrected chi connectivity index (χ3v) is 5.61. The number of amides is 1. The number of aryl methyl sites for hydroxylation is 1. The minimum absolute atomic E-state index is 0.0274. The van der Waals surface area contributed by atoms with Crippen LogP contribution in [0.2, 0.25) is 0 Å². The van der Waals surface area contributed by atoms with Gasteiger partial charge in [0.05, 0.1) is 10.6 Å². The molecule has 1 heterocycles. The summed E-state index contributed by atoms with van der Waals surface area (Å²) in [6, 6.07) is 26.4. The Morgan fingerprint density at radius 1 is 0.893 bits per heavy atom. The van der Waals surface area contributed by atoms with E-state index in [0.29, 0.717) is 10.1 Å². The summed E-state index contributed by atoms with van der Waals surface area (Å²) in [7, 11) is 1.76. The number of hydrogen-bond donors (Lipinski definition) is 0. The Balaban J connectivity index is 1.62. The van der Waals surface area contributed by atoms with Crippen LogP contribution in [0.1, 0.15) is 11.1 Å². The normalized spacial score (nSPS) is 16.9. The predicted octanol–water partition coefficient (Wildman–Crippen LogP) is 5.90. The molecule has 1 saturated heterocycles. The minimum Gasteiger partial charge on any atom is -0.290 e. The fourth-order valence-corrected chi connectivity index (χ4v) is 3.96. The van der Waals surface area contributed by atoms with Crippen LogP contribution in [0.4, 0.5) is 5.69 Å². The van der Waals surface area contributed by atoms with Gasteiger partial charge in [-0.15, -0.1) is 0 Å². The number of likely N-dealkylation sites (N-methyl/N-ethyl adjacent to an activating group) is 1. The largest absolute Gasteiger partial charge is 0.290 e. The number of hydrogen-bond acceptors (Lipinski definition) is 3. The molecule has 0 spiro atoms. The molecular formula is C24H20N2OS. The van der Waals surface area contributed by atoms with Crippen LogP contribution in [0.25, 0.3) is 17.2 Å². The van der Waals surface area contributed by atoms with Crippen molar-refractivity contribution < 1.29 is 4.79 Å². The minimum atomic E-state index is -0.0274. The van der Waals surface area contributed by atoms with Crippen LogP contribution in [-0.4, -0.2) is 23.0 Å². The monoisotopic (exact) mass is 384 g/mol. The Hall–Kier alpha value is -3.11. The third kappa shape index (κ3) is 3.92. The summed E-state index contributed by atoms with van der Waals surface area (Å²) >= 11 is 1.41. The summed E-state index contributed by atoms with van der Waals surface area (Å²) in [4.78, 5) is 19.5. The van der Waals surface area contributed by atoms with Crippen molar-refractivity contribution in [2.24, 2.45) is 4.99 Å². The van der Waals surface area contributed by atoms with Gasteiger partial charge in [0.15, 0.2) is 5.17 Å². The average Bonchev–Trinajstić information content (AvgIpc) is 2.97. The maximum Gasteiger partial charge on any atom is 0.266 e. The lowest BCUT2D eigenvalue weighted by Crippen LogP contribution is -2.23. The molecule has 0 aromatic heterocycles. The zero-order valence-corrected chi connectivity index (χ0v) is 16.6. The lowest BCUT2D eigenvalue weighted by Gasteiger charge is -2.07. The number of carbonyl (C=O) groups excluding carboxylic acids is 1. The molecule has 0 saturated carbocycles. The second kappa shape index (κ2) is 7.87. The van der Waals surface area contributed by atoms with Crippen LogP contribution < -0.4 is 0 Å². The summed E-state index contributed by atoms with van der Waals surface area (Å²) in [5, 5.41) is 0.692. The van der Waals surface area contributed by atoms with E-state index in [4.69, 9.17) is 0 Å². The smallest absolute Gasteiger partial charge is 0.266 e. The molecule has 3 aromatic carbocycles. The highest BCUT2D eigenvalue weighted by Crippen LogP contribution is 2.33. The maximum atomic E-state index is 12.7. The standard InChI is InChI=1S/C24H20N2OS/c1-17-11-13-19(14-12-17)20-8-6-7-18(15-20)16-22-23(27)26(2)24(28-22)25-21-9-4-3-5-10-21/h3-16H,1-2H3/b22-16-,25-24?. The van der Waals surface area contributed by atoms with Crippen molar-refractivity contribution >= 4 is 34.6 Å². The van der Waals surface area contributed by atoms with Crippen molar-refractivity contribution in [3.05, 3.63) is 94.9 Å². The zero-order valence-electron chi connectivity index (χ0n) is 15.8. The molecule has 4 heteroatoms. The van der Waals surface area contributed by atoms with Crippen molar-refractivity contribution in [1.29, 1.82) is 0 Å². The van der Waals surface area contributed by atoms with Gasteiger partial charge in [0.1, 0.15) is 0 Å². The van der Waals surface area contributed by atoms with E-state index in [-0.39, 0.29) is 5.91 Å². The maximum absolute atomic E-state index is 12.7. The predicted molar refractivity (Wildman–Crippen MR) is 118 cm³/mol. The highest BCUT2D eigenvalue weighted by atomic mass is 32.2. The first-order chi connectivity index (χ1) is 13.6. The van der Waals surface area contributed by atoms with Gasteiger partial charge < -0.3 is 0 Å². The van der Waals surface area contributed by atoms with Crippen molar-refractivity contribution in [2.45, 2.75) is 6.92 Å². The lowest BCUT2D eigenvalue weighted by molar-refractivity contribution is -0.121. The van der Waals surface area contributed by atoms with E-state index in [1.165, 1.54) is 22.9 Å². The van der Waals surface area contributed by atoms with Crippen molar-refractivity contribution in [3.63, 3.8) is 0 Å². The molecule has 4 rings (SSSR count). The first kappa shape index (κ1) is 18.3. The van der Waals surface area contributed by atoms with Gasteiger partial charge in [-0.05, 0) is 59.7 Å². The number of benzene rings is 3. The Bertz CT molecular complexity index is 1070. The van der Waals surface area contributed by atoms with Gasteiger partial charge in [-0.1, -0.05) is 66.2 Å². The number of para-hydroxylation sites is 1. The van der Waals surface area contributed by atoms with E-state index in [2.05, 4.69) is 48.3 Å². The SMILES string of the molecule is Cc1ccc(-c2cccc(/C=C3\SC(=Nc4ccccc4)N(C)C3=O)c2)cc1. The first-order valence-electron chi connectivity index (χ1n) is 9.08. The summed E-state index contributed by atoms with van der Waals surface area (Å²) in [5.74, 6) is -0.0274. The molecule has 3 aromatic rings. The molecule has 1 aliphatic heterocycles. The Kier molecular flexibility index (Phi) is 5.13. The number of thioether (sulfide) groups is 1. The van der Waals surface area contributed by atoms with Gasteiger partial charge >= 0.3 is 0 Å². The van der Waals surface area contributed by atoms with Crippen LogP contribution in [-0.2, 0) is 4.79 Å². The van der Waals surface area contributed by atoms with E-state index in [1.807, 2.05) is 48.5 Å². The molecule has 0 atom stereocenters. The molecule has 0 aliphatic carbocycles. The van der Waals surface area contributed by atoms with Crippen LogP contribution >= 0.6 is 11.8 Å². The topological polar surface area (TPSA) is 32.7 Å². The highest BCUT2D eigenvalue weighted by Gasteiger charge is 2.30. The van der Waals surface area contributed by atoms with Gasteiger partial charge in [-0.25, -0.2) is 4.99 Å². The summed E-state index contributed by atoms with van der Waals surface area (Å²) in [5.41, 5.74) is 5.38. The van der Waals surface area contributed by atoms with Gasteiger partial charge in [0.25, 0.3) is 5.91 Å². The molecule has 0 radical (unpaired) electrons. The summed E-state index contributed by atoms with van der Waals surface area (Å²) in [6.07, 6.45) is 1.94. The number of carbonyl (C=O) groups is 1. The number of nitrogens with zero attached hydrogens (tertiary/aromatic N) is 2. The van der Waals surface area contributed by atoms with E-state index in [9.17, 15) is 4.79 Å². The van der Waals surface area contributed by atoms with Gasteiger partial charge in [0.2, 0.25) is 0 Å². The Labute approximate surface area is 169 Å². The third-order valence-electron chi connectivity index (χ3n) is 4.55. The highest BCUT2D eigenvalue weighted by molar-refractivity contribution is 8.18. The number of rotatable bonds is 3. The van der Waals surface area contributed by atoms with Gasteiger partial charge in [-0.2, -0.15) is 0 Å². The van der Waals surface area contributed by atoms with E-state index >= 15 is 0 Å². The number of amidine groups is 1. The fraction of sp³-hybridized carbons (Fsp3) is 0.0833. The van der Waals surface area contributed by atoms with Crippen LogP contribution in [0.15, 0.2) is 88.8 Å². The van der Waals surface area contributed by atoms with Crippen LogP contribution in [0.3, 0.4) is 0 Å². The van der Waals surface area contributed by atoms with Crippen molar-refractivity contribution in [3.8, 4) is 11.1 Å². The molecule has 1 fully saturated rings. The lowest BCUT2D eigenvalue weighted by atomic mass is 10.0. The van der Waals surface area contributed by atoms with E-state index in [0.717, 1.165) is 16.8 Å². The average molecular weight is 385 g/mol. The van der Waals surface area contributed by atoms with E-state index in [1.54, 1.807) is 11.9 Å². The second-order valence-corrected chi connectivity index (χ2v) is 7.71. The zero-order chi connectivity index (χ0) is 19.5. The molecule has 28 heavy (non-hydrogen) atoms. The first-order valence-corrected chi connectivity index (χ1v) is 9.90. The molecular weight excluding hydrogens is 364 g/mol.